The van der Waals surface area contributed by atoms with Gasteiger partial charge in [-0.2, -0.15) is 4.98 Å². The first kappa shape index (κ1) is 19.4. The number of rotatable bonds is 7. The molecule has 0 unspecified atom stereocenters. The Kier molecular flexibility index (Phi) is 5.12. The Morgan fingerprint density at radius 2 is 2.00 bits per heavy atom. The summed E-state index contributed by atoms with van der Waals surface area (Å²) in [4.78, 5) is 18.8. The van der Waals surface area contributed by atoms with Crippen molar-refractivity contribution in [2.75, 3.05) is 23.8 Å². The molecule has 0 radical (unpaired) electrons. The maximum atomic E-state index is 9.48. The van der Waals surface area contributed by atoms with E-state index in [0.29, 0.717) is 5.95 Å². The van der Waals surface area contributed by atoms with Crippen molar-refractivity contribution in [3.8, 4) is 10.6 Å². The van der Waals surface area contributed by atoms with Crippen LogP contribution in [0.25, 0.3) is 20.8 Å². The van der Waals surface area contributed by atoms with E-state index in [9.17, 15) is 5.11 Å². The molecule has 0 aromatic carbocycles. The SMILES string of the molecule is Cc1nc(NCC2CC2)nc(N[C@H]2C=C[C@@H](CO)C2)c1-c1nc2c(C)nccc2s1. The molecule has 5 rings (SSSR count). The van der Waals surface area contributed by atoms with Crippen LogP contribution in [0.2, 0.25) is 0 Å². The fourth-order valence-corrected chi connectivity index (χ4v) is 4.96. The molecule has 2 aliphatic carbocycles. The van der Waals surface area contributed by atoms with E-state index in [2.05, 4.69) is 27.8 Å². The lowest BCUT2D eigenvalue weighted by Gasteiger charge is -2.18. The van der Waals surface area contributed by atoms with Gasteiger partial charge in [0.1, 0.15) is 16.3 Å². The van der Waals surface area contributed by atoms with Gasteiger partial charge in [0.05, 0.1) is 21.7 Å². The number of fused-ring (bicyclic) bond motifs is 1. The molecule has 156 valence electrons. The van der Waals surface area contributed by atoms with Gasteiger partial charge in [-0.3, -0.25) is 4.98 Å². The Morgan fingerprint density at radius 3 is 2.73 bits per heavy atom. The number of aliphatic hydroxyl groups excluding tert-OH is 1. The van der Waals surface area contributed by atoms with Crippen LogP contribution >= 0.6 is 11.3 Å². The number of hydrogen-bond acceptors (Lipinski definition) is 8. The van der Waals surface area contributed by atoms with Crippen molar-refractivity contribution in [1.82, 2.24) is 19.9 Å². The van der Waals surface area contributed by atoms with Gasteiger partial charge in [-0.05, 0) is 45.1 Å². The van der Waals surface area contributed by atoms with Crippen LogP contribution in [0.3, 0.4) is 0 Å². The number of aryl methyl sites for hydroxylation is 2. The molecule has 3 aromatic rings. The van der Waals surface area contributed by atoms with E-state index in [1.54, 1.807) is 11.3 Å². The highest BCUT2D eigenvalue weighted by atomic mass is 32.1. The average molecular weight is 423 g/mol. The Morgan fingerprint density at radius 1 is 1.13 bits per heavy atom. The van der Waals surface area contributed by atoms with E-state index < -0.39 is 0 Å². The molecule has 8 heteroatoms. The zero-order valence-electron chi connectivity index (χ0n) is 17.2. The lowest BCUT2D eigenvalue weighted by molar-refractivity contribution is 0.250. The smallest absolute Gasteiger partial charge is 0.224 e. The minimum atomic E-state index is 0.129. The summed E-state index contributed by atoms with van der Waals surface area (Å²) < 4.78 is 1.11. The maximum Gasteiger partial charge on any atom is 0.224 e. The maximum absolute atomic E-state index is 9.48. The van der Waals surface area contributed by atoms with Gasteiger partial charge in [-0.25, -0.2) is 9.97 Å². The molecule has 7 nitrogen and oxygen atoms in total. The molecule has 30 heavy (non-hydrogen) atoms. The van der Waals surface area contributed by atoms with E-state index in [1.807, 2.05) is 26.1 Å². The summed E-state index contributed by atoms with van der Waals surface area (Å²) in [5.74, 6) is 2.38. The van der Waals surface area contributed by atoms with Crippen molar-refractivity contribution in [2.24, 2.45) is 11.8 Å². The topological polar surface area (TPSA) is 95.9 Å². The zero-order chi connectivity index (χ0) is 20.7. The molecule has 1 fully saturated rings. The number of aromatic nitrogens is 4. The van der Waals surface area contributed by atoms with E-state index in [0.717, 1.165) is 56.9 Å². The normalized spacial score (nSPS) is 20.8. The van der Waals surface area contributed by atoms with Crippen molar-refractivity contribution in [3.63, 3.8) is 0 Å². The highest BCUT2D eigenvalue weighted by molar-refractivity contribution is 7.21. The van der Waals surface area contributed by atoms with Crippen molar-refractivity contribution in [1.29, 1.82) is 0 Å². The van der Waals surface area contributed by atoms with Gasteiger partial charge in [-0.1, -0.05) is 12.2 Å². The van der Waals surface area contributed by atoms with Crippen molar-refractivity contribution >= 4 is 33.3 Å². The predicted molar refractivity (Wildman–Crippen MR) is 121 cm³/mol. The van der Waals surface area contributed by atoms with E-state index in [1.165, 1.54) is 12.8 Å². The number of pyridine rings is 1. The first-order valence-electron chi connectivity index (χ1n) is 10.5. The summed E-state index contributed by atoms with van der Waals surface area (Å²) in [7, 11) is 0. The first-order chi connectivity index (χ1) is 14.6. The van der Waals surface area contributed by atoms with Crippen LogP contribution in [0, 0.1) is 25.7 Å². The van der Waals surface area contributed by atoms with Gasteiger partial charge in [0.25, 0.3) is 0 Å². The Bertz CT molecular complexity index is 1110. The summed E-state index contributed by atoms with van der Waals surface area (Å²) >= 11 is 1.64. The van der Waals surface area contributed by atoms with Gasteiger partial charge < -0.3 is 15.7 Å². The van der Waals surface area contributed by atoms with Crippen LogP contribution in [0.1, 0.15) is 30.7 Å². The standard InChI is InChI=1S/C22H26N6OS/c1-12-18(21-27-19-13(2)23-8-7-17(19)30-21)20(26-16-6-5-15(9-16)11-29)28-22(25-12)24-10-14-3-4-14/h5-8,14-16,29H,3-4,9-11H2,1-2H3,(H2,24,25,26,28)/t15-,16+/m1/s1. The number of anilines is 2. The summed E-state index contributed by atoms with van der Waals surface area (Å²) in [6.07, 6.45) is 9.43. The lowest BCUT2D eigenvalue weighted by atomic mass is 10.1. The van der Waals surface area contributed by atoms with Crippen molar-refractivity contribution in [2.45, 2.75) is 39.2 Å². The summed E-state index contributed by atoms with van der Waals surface area (Å²) in [5, 5.41) is 17.4. The molecule has 3 heterocycles. The molecule has 3 aromatic heterocycles. The van der Waals surface area contributed by atoms with E-state index in [-0.39, 0.29) is 18.6 Å². The summed E-state index contributed by atoms with van der Waals surface area (Å²) in [5.41, 5.74) is 3.69. The van der Waals surface area contributed by atoms with Gasteiger partial charge in [0.15, 0.2) is 0 Å². The molecule has 2 atom stereocenters. The van der Waals surface area contributed by atoms with Crippen LogP contribution < -0.4 is 10.6 Å². The molecule has 0 saturated heterocycles. The van der Waals surface area contributed by atoms with Crippen LogP contribution in [0.4, 0.5) is 11.8 Å². The third-order valence-electron chi connectivity index (χ3n) is 5.77. The summed E-state index contributed by atoms with van der Waals surface area (Å²) in [6, 6.07) is 2.13. The van der Waals surface area contributed by atoms with E-state index in [4.69, 9.17) is 15.0 Å². The van der Waals surface area contributed by atoms with Crippen LogP contribution in [-0.4, -0.2) is 44.2 Å². The Labute approximate surface area is 179 Å². The lowest BCUT2D eigenvalue weighted by Crippen LogP contribution is -2.19. The zero-order valence-corrected chi connectivity index (χ0v) is 18.0. The van der Waals surface area contributed by atoms with Crippen molar-refractivity contribution < 1.29 is 5.11 Å². The van der Waals surface area contributed by atoms with Crippen LogP contribution in [0.5, 0.6) is 0 Å². The molecular formula is C22H26N6OS. The van der Waals surface area contributed by atoms with E-state index >= 15 is 0 Å². The molecule has 0 aliphatic heterocycles. The third kappa shape index (κ3) is 3.89. The molecule has 1 saturated carbocycles. The number of thiazole rings is 1. The predicted octanol–water partition coefficient (Wildman–Crippen LogP) is 3.94. The van der Waals surface area contributed by atoms with Gasteiger partial charge in [0, 0.05) is 31.3 Å². The molecule has 0 spiro atoms. The highest BCUT2D eigenvalue weighted by Crippen LogP contribution is 2.37. The number of nitrogens with zero attached hydrogens (tertiary/aromatic N) is 4. The average Bonchev–Trinajstić information content (AvgIpc) is 3.28. The van der Waals surface area contributed by atoms with Crippen LogP contribution in [-0.2, 0) is 0 Å². The van der Waals surface area contributed by atoms with Gasteiger partial charge >= 0.3 is 0 Å². The molecule has 3 N–H and O–H groups in total. The first-order valence-corrected chi connectivity index (χ1v) is 11.3. The van der Waals surface area contributed by atoms with Crippen molar-refractivity contribution in [3.05, 3.63) is 35.8 Å². The second-order valence-electron chi connectivity index (χ2n) is 8.26. The fourth-order valence-electron chi connectivity index (χ4n) is 3.85. The Hall–Kier alpha value is -2.58. The fraction of sp³-hybridized carbons (Fsp3) is 0.455. The summed E-state index contributed by atoms with van der Waals surface area (Å²) in [6.45, 7) is 5.09. The van der Waals surface area contributed by atoms with Crippen LogP contribution in [0.15, 0.2) is 24.4 Å². The van der Waals surface area contributed by atoms with Gasteiger partial charge in [0.2, 0.25) is 5.95 Å². The Balaban J connectivity index is 1.53. The molecule has 2 aliphatic rings. The minimum absolute atomic E-state index is 0.129. The third-order valence-corrected chi connectivity index (χ3v) is 6.81. The quantitative estimate of drug-likeness (QED) is 0.496. The van der Waals surface area contributed by atoms with Gasteiger partial charge in [-0.15, -0.1) is 11.3 Å². The second kappa shape index (κ2) is 7.92. The molecule has 0 bridgehead atoms. The second-order valence-corrected chi connectivity index (χ2v) is 9.29. The molecule has 0 amide bonds. The molecular weight excluding hydrogens is 396 g/mol. The monoisotopic (exact) mass is 422 g/mol. The number of nitrogens with one attached hydrogen (secondary N) is 2. The number of hydrogen-bond donors (Lipinski definition) is 3. The highest BCUT2D eigenvalue weighted by Gasteiger charge is 2.25. The minimum Gasteiger partial charge on any atom is -0.396 e. The largest absolute Gasteiger partial charge is 0.396 e. The number of aliphatic hydroxyl groups is 1.